The van der Waals surface area contributed by atoms with Crippen molar-refractivity contribution in [3.05, 3.63) is 42.5 Å². The lowest BCUT2D eigenvalue weighted by Gasteiger charge is -2.47. The fourth-order valence-electron chi connectivity index (χ4n) is 3.76. The molecule has 2 amide bonds. The minimum atomic E-state index is -3.75. The van der Waals surface area contributed by atoms with Crippen LogP contribution in [0.25, 0.3) is 10.8 Å². The van der Waals surface area contributed by atoms with Gasteiger partial charge >= 0.3 is 0 Å². The molecule has 0 saturated carbocycles. The standard InChI is InChI=1S/C19H21N3O4S/c1-13-18(23)22-10-9-21(12-17(22)19(24)20(13)2)27(25,26)16-8-7-14-5-3-4-6-15(14)11-16/h3-8,11,13,17H,9-10,12H2,1-2H3/t13-,17-/m0/s1. The van der Waals surface area contributed by atoms with E-state index in [-0.39, 0.29) is 36.3 Å². The SMILES string of the molecule is C[C@H]1C(=O)N2CCN(S(=O)(=O)c3ccc4ccccc4c3)C[C@H]2C(=O)N1C. The predicted molar refractivity (Wildman–Crippen MR) is 100 cm³/mol. The molecule has 2 atom stereocenters. The van der Waals surface area contributed by atoms with Crippen molar-refractivity contribution in [3.8, 4) is 0 Å². The van der Waals surface area contributed by atoms with E-state index in [1.165, 1.54) is 14.1 Å². The molecule has 0 aliphatic carbocycles. The van der Waals surface area contributed by atoms with E-state index >= 15 is 0 Å². The van der Waals surface area contributed by atoms with Gasteiger partial charge in [0.2, 0.25) is 21.8 Å². The van der Waals surface area contributed by atoms with E-state index in [4.69, 9.17) is 0 Å². The smallest absolute Gasteiger partial charge is 0.247 e. The van der Waals surface area contributed by atoms with Gasteiger partial charge in [-0.3, -0.25) is 9.59 Å². The van der Waals surface area contributed by atoms with Crippen molar-refractivity contribution < 1.29 is 18.0 Å². The van der Waals surface area contributed by atoms with Gasteiger partial charge in [0.05, 0.1) is 4.90 Å². The number of piperazine rings is 2. The number of fused-ring (bicyclic) bond motifs is 2. The Hall–Kier alpha value is -2.45. The molecule has 0 radical (unpaired) electrons. The Balaban J connectivity index is 1.65. The van der Waals surface area contributed by atoms with Crippen LogP contribution in [-0.2, 0) is 19.6 Å². The summed E-state index contributed by atoms with van der Waals surface area (Å²) < 4.78 is 27.6. The van der Waals surface area contributed by atoms with Gasteiger partial charge in [0.25, 0.3) is 0 Å². The van der Waals surface area contributed by atoms with Crippen LogP contribution < -0.4 is 0 Å². The molecule has 2 aliphatic rings. The number of carbonyl (C=O) groups excluding carboxylic acids is 2. The molecule has 2 aromatic carbocycles. The van der Waals surface area contributed by atoms with Crippen LogP contribution in [0.1, 0.15) is 6.92 Å². The molecule has 2 saturated heterocycles. The first-order chi connectivity index (χ1) is 12.8. The van der Waals surface area contributed by atoms with Crippen LogP contribution in [0.2, 0.25) is 0 Å². The minimum absolute atomic E-state index is 0.0171. The Kier molecular flexibility index (Phi) is 4.20. The molecule has 0 unspecified atom stereocenters. The van der Waals surface area contributed by atoms with E-state index in [2.05, 4.69) is 0 Å². The first-order valence-electron chi connectivity index (χ1n) is 8.87. The van der Waals surface area contributed by atoms with Gasteiger partial charge in [0, 0.05) is 26.7 Å². The summed E-state index contributed by atoms with van der Waals surface area (Å²) in [5.74, 6) is -0.356. The maximum atomic E-state index is 13.1. The van der Waals surface area contributed by atoms with E-state index in [1.807, 2.05) is 24.3 Å². The van der Waals surface area contributed by atoms with Crippen molar-refractivity contribution in [1.29, 1.82) is 0 Å². The first kappa shape index (κ1) is 17.9. The zero-order valence-electron chi connectivity index (χ0n) is 15.2. The van der Waals surface area contributed by atoms with Crippen molar-refractivity contribution in [3.63, 3.8) is 0 Å². The van der Waals surface area contributed by atoms with Crippen molar-refractivity contribution >= 4 is 32.6 Å². The number of hydrogen-bond donors (Lipinski definition) is 0. The van der Waals surface area contributed by atoms with Crippen molar-refractivity contribution in [2.75, 3.05) is 26.7 Å². The van der Waals surface area contributed by atoms with Gasteiger partial charge in [0.15, 0.2) is 0 Å². The third-order valence-corrected chi connectivity index (χ3v) is 7.42. The summed E-state index contributed by atoms with van der Waals surface area (Å²) in [6.45, 7) is 2.08. The van der Waals surface area contributed by atoms with Gasteiger partial charge < -0.3 is 9.80 Å². The zero-order chi connectivity index (χ0) is 19.3. The van der Waals surface area contributed by atoms with E-state index in [9.17, 15) is 18.0 Å². The minimum Gasteiger partial charge on any atom is -0.332 e. The zero-order valence-corrected chi connectivity index (χ0v) is 16.0. The second kappa shape index (κ2) is 6.31. The molecule has 4 rings (SSSR count). The normalized spacial score (nSPS) is 24.4. The van der Waals surface area contributed by atoms with Crippen molar-refractivity contribution in [1.82, 2.24) is 14.1 Å². The number of benzene rings is 2. The molecule has 0 aromatic heterocycles. The van der Waals surface area contributed by atoms with Crippen LogP contribution >= 0.6 is 0 Å². The van der Waals surface area contributed by atoms with E-state index in [0.29, 0.717) is 0 Å². The Labute approximate surface area is 158 Å². The fourth-order valence-corrected chi connectivity index (χ4v) is 5.23. The molecular weight excluding hydrogens is 366 g/mol. The van der Waals surface area contributed by atoms with Crippen molar-refractivity contribution in [2.45, 2.75) is 23.9 Å². The van der Waals surface area contributed by atoms with Crippen LogP contribution in [-0.4, -0.2) is 73.1 Å². The second-order valence-electron chi connectivity index (χ2n) is 7.04. The third kappa shape index (κ3) is 2.80. The van der Waals surface area contributed by atoms with Gasteiger partial charge in [-0.2, -0.15) is 4.31 Å². The maximum absolute atomic E-state index is 13.1. The summed E-state index contributed by atoms with van der Waals surface area (Å²) in [6.07, 6.45) is 0. The molecule has 142 valence electrons. The Morgan fingerprint density at radius 1 is 0.963 bits per heavy atom. The first-order valence-corrected chi connectivity index (χ1v) is 10.3. The fraction of sp³-hybridized carbons (Fsp3) is 0.368. The summed E-state index contributed by atoms with van der Waals surface area (Å²) in [7, 11) is -2.17. The number of hydrogen-bond acceptors (Lipinski definition) is 4. The van der Waals surface area contributed by atoms with Gasteiger partial charge in [-0.15, -0.1) is 0 Å². The Morgan fingerprint density at radius 3 is 2.41 bits per heavy atom. The molecule has 2 aromatic rings. The summed E-state index contributed by atoms with van der Waals surface area (Å²) in [5.41, 5.74) is 0. The van der Waals surface area contributed by atoms with E-state index in [1.54, 1.807) is 32.2 Å². The molecule has 2 heterocycles. The van der Waals surface area contributed by atoms with Crippen LogP contribution in [0.4, 0.5) is 0 Å². The largest absolute Gasteiger partial charge is 0.332 e. The second-order valence-corrected chi connectivity index (χ2v) is 8.98. The number of carbonyl (C=O) groups is 2. The summed E-state index contributed by atoms with van der Waals surface area (Å²) >= 11 is 0. The third-order valence-electron chi connectivity index (χ3n) is 5.56. The number of sulfonamides is 1. The molecular formula is C19H21N3O4S. The highest BCUT2D eigenvalue weighted by atomic mass is 32.2. The monoisotopic (exact) mass is 387 g/mol. The van der Waals surface area contributed by atoms with Gasteiger partial charge in [0.1, 0.15) is 12.1 Å². The van der Waals surface area contributed by atoms with Gasteiger partial charge in [-0.25, -0.2) is 8.42 Å². The van der Waals surface area contributed by atoms with Crippen LogP contribution in [0, 0.1) is 0 Å². The van der Waals surface area contributed by atoms with E-state index in [0.717, 1.165) is 10.8 Å². The molecule has 27 heavy (non-hydrogen) atoms. The molecule has 0 spiro atoms. The average molecular weight is 387 g/mol. The lowest BCUT2D eigenvalue weighted by atomic mass is 10.0. The number of nitrogens with zero attached hydrogens (tertiary/aromatic N) is 3. The summed E-state index contributed by atoms with van der Waals surface area (Å²) in [6, 6.07) is 11.3. The summed E-state index contributed by atoms with van der Waals surface area (Å²) in [4.78, 5) is 28.2. The number of rotatable bonds is 2. The topological polar surface area (TPSA) is 78.0 Å². The maximum Gasteiger partial charge on any atom is 0.247 e. The Bertz CT molecular complexity index is 1040. The van der Waals surface area contributed by atoms with Crippen LogP contribution in [0.15, 0.2) is 47.4 Å². The van der Waals surface area contributed by atoms with Gasteiger partial charge in [-0.1, -0.05) is 30.3 Å². The highest BCUT2D eigenvalue weighted by molar-refractivity contribution is 7.89. The quantitative estimate of drug-likeness (QED) is 0.767. The molecule has 7 nitrogen and oxygen atoms in total. The average Bonchev–Trinajstić information content (AvgIpc) is 2.69. The summed E-state index contributed by atoms with van der Waals surface area (Å²) in [5, 5.41) is 1.81. The molecule has 8 heteroatoms. The van der Waals surface area contributed by atoms with Crippen molar-refractivity contribution in [2.24, 2.45) is 0 Å². The van der Waals surface area contributed by atoms with E-state index < -0.39 is 22.1 Å². The molecule has 2 aliphatic heterocycles. The highest BCUT2D eigenvalue weighted by Crippen LogP contribution is 2.26. The number of amides is 2. The number of likely N-dealkylation sites (N-methyl/N-ethyl adjacent to an activating group) is 1. The lowest BCUT2D eigenvalue weighted by molar-refractivity contribution is -0.161. The molecule has 2 fully saturated rings. The van der Waals surface area contributed by atoms with Gasteiger partial charge in [-0.05, 0) is 29.8 Å². The molecule has 0 bridgehead atoms. The van der Waals surface area contributed by atoms with Crippen LogP contribution in [0.5, 0.6) is 0 Å². The lowest BCUT2D eigenvalue weighted by Crippen LogP contribution is -2.69. The van der Waals surface area contributed by atoms with Crippen LogP contribution in [0.3, 0.4) is 0 Å². The predicted octanol–water partition coefficient (Wildman–Crippen LogP) is 0.902. The molecule has 0 N–H and O–H groups in total. The highest BCUT2D eigenvalue weighted by Gasteiger charge is 2.47. The Morgan fingerprint density at radius 2 is 1.67 bits per heavy atom.